The van der Waals surface area contributed by atoms with Crippen molar-refractivity contribution in [1.82, 2.24) is 19.6 Å². The van der Waals surface area contributed by atoms with Gasteiger partial charge in [0.25, 0.3) is 11.7 Å². The predicted octanol–water partition coefficient (Wildman–Crippen LogP) is 2.08. The summed E-state index contributed by atoms with van der Waals surface area (Å²) in [6.07, 6.45) is -1.55. The molecule has 3 aromatic rings. The lowest BCUT2D eigenvalue weighted by molar-refractivity contribution is -0.137. The van der Waals surface area contributed by atoms with Gasteiger partial charge in [-0.3, -0.25) is 0 Å². The average molecular weight is 357 g/mol. The summed E-state index contributed by atoms with van der Waals surface area (Å²) >= 11 is 0. The number of aromatic nitrogens is 4. The summed E-state index contributed by atoms with van der Waals surface area (Å²) in [5.74, 6) is -0.658. The molecule has 0 aliphatic rings. The highest BCUT2D eigenvalue weighted by atomic mass is 32.2. The summed E-state index contributed by atoms with van der Waals surface area (Å²) in [7, 11) is -3.98. The molecular formula is C13H10F3N5O2S. The Morgan fingerprint density at radius 3 is 2.71 bits per heavy atom. The fraction of sp³-hybridized carbons (Fsp3) is 0.154. The van der Waals surface area contributed by atoms with Gasteiger partial charge in [0.05, 0.1) is 11.3 Å². The van der Waals surface area contributed by atoms with E-state index in [2.05, 4.69) is 19.8 Å². The van der Waals surface area contributed by atoms with Crippen molar-refractivity contribution in [3.05, 3.63) is 53.9 Å². The molecule has 0 saturated carbocycles. The number of halogens is 3. The smallest absolute Gasteiger partial charge is 0.250 e. The molecule has 0 fully saturated rings. The van der Waals surface area contributed by atoms with Crippen molar-refractivity contribution in [3.8, 4) is 0 Å². The van der Waals surface area contributed by atoms with Crippen LogP contribution in [0, 0.1) is 0 Å². The van der Waals surface area contributed by atoms with Gasteiger partial charge < -0.3 is 0 Å². The number of rotatable bonds is 4. The minimum Gasteiger partial charge on any atom is -0.250 e. The molecule has 11 heteroatoms. The molecule has 1 aromatic carbocycles. The number of hydrogen-bond donors (Lipinski definition) is 1. The van der Waals surface area contributed by atoms with Crippen molar-refractivity contribution < 1.29 is 21.6 Å². The third-order valence-corrected chi connectivity index (χ3v) is 4.18. The molecule has 0 spiro atoms. The van der Waals surface area contributed by atoms with Crippen LogP contribution in [0.5, 0.6) is 0 Å². The van der Waals surface area contributed by atoms with Crippen LogP contribution < -0.4 is 4.72 Å². The van der Waals surface area contributed by atoms with Crippen LogP contribution >= 0.6 is 0 Å². The second-order valence-electron chi connectivity index (χ2n) is 4.86. The fourth-order valence-corrected chi connectivity index (χ4v) is 3.06. The minimum absolute atomic E-state index is 0.000728. The minimum atomic E-state index is -4.54. The first-order valence-electron chi connectivity index (χ1n) is 6.57. The molecule has 24 heavy (non-hydrogen) atoms. The van der Waals surface area contributed by atoms with E-state index in [1.165, 1.54) is 23.0 Å². The van der Waals surface area contributed by atoms with Gasteiger partial charge >= 0.3 is 6.18 Å². The van der Waals surface area contributed by atoms with Crippen LogP contribution in [0.25, 0.3) is 5.78 Å². The summed E-state index contributed by atoms with van der Waals surface area (Å²) in [4.78, 5) is 7.75. The molecule has 0 unspecified atom stereocenters. The lowest BCUT2D eigenvalue weighted by Crippen LogP contribution is -2.16. The Morgan fingerprint density at radius 1 is 1.21 bits per heavy atom. The first-order chi connectivity index (χ1) is 11.2. The molecular weight excluding hydrogens is 347 g/mol. The van der Waals surface area contributed by atoms with Crippen LogP contribution in [0.4, 0.5) is 19.1 Å². The molecule has 0 aliphatic heterocycles. The van der Waals surface area contributed by atoms with Gasteiger partial charge in [0.2, 0.25) is 10.0 Å². The van der Waals surface area contributed by atoms with Gasteiger partial charge in [-0.1, -0.05) is 18.2 Å². The SMILES string of the molecule is O=S(=O)(Cc1cccc(C(F)(F)F)c1)Nc1nc2ncccn2n1. The third kappa shape index (κ3) is 3.62. The summed E-state index contributed by atoms with van der Waals surface area (Å²) in [5.41, 5.74) is -0.913. The number of hydrogen-bond acceptors (Lipinski definition) is 5. The largest absolute Gasteiger partial charge is 0.416 e. The maximum absolute atomic E-state index is 12.7. The number of benzene rings is 1. The van der Waals surface area contributed by atoms with Crippen LogP contribution in [0.15, 0.2) is 42.7 Å². The zero-order chi connectivity index (χ0) is 17.4. The lowest BCUT2D eigenvalue weighted by atomic mass is 10.1. The van der Waals surface area contributed by atoms with Crippen molar-refractivity contribution >= 4 is 21.7 Å². The molecule has 2 heterocycles. The van der Waals surface area contributed by atoms with Gasteiger partial charge in [-0.2, -0.15) is 18.2 Å². The van der Waals surface area contributed by atoms with Crippen molar-refractivity contribution in [1.29, 1.82) is 0 Å². The van der Waals surface area contributed by atoms with E-state index in [1.807, 2.05) is 0 Å². The van der Waals surface area contributed by atoms with E-state index < -0.39 is 27.5 Å². The molecule has 0 saturated heterocycles. The van der Waals surface area contributed by atoms with Gasteiger partial charge in [0.15, 0.2) is 0 Å². The highest BCUT2D eigenvalue weighted by Crippen LogP contribution is 2.29. The predicted molar refractivity (Wildman–Crippen MR) is 78.5 cm³/mol. The quantitative estimate of drug-likeness (QED) is 0.772. The van der Waals surface area contributed by atoms with Crippen LogP contribution in [-0.2, 0) is 22.0 Å². The Hall–Kier alpha value is -2.69. The monoisotopic (exact) mass is 357 g/mol. The van der Waals surface area contributed by atoms with E-state index in [9.17, 15) is 21.6 Å². The van der Waals surface area contributed by atoms with Gasteiger partial charge in [-0.15, -0.1) is 5.10 Å². The Labute approximate surface area is 134 Å². The molecule has 2 aromatic heterocycles. The van der Waals surface area contributed by atoms with E-state index in [-0.39, 0.29) is 17.3 Å². The van der Waals surface area contributed by atoms with E-state index in [4.69, 9.17) is 0 Å². The van der Waals surface area contributed by atoms with Crippen LogP contribution in [0.1, 0.15) is 11.1 Å². The fourth-order valence-electron chi connectivity index (χ4n) is 2.01. The summed E-state index contributed by atoms with van der Waals surface area (Å²) in [6, 6.07) is 5.70. The zero-order valence-corrected chi connectivity index (χ0v) is 12.7. The number of nitrogens with one attached hydrogen (secondary N) is 1. The van der Waals surface area contributed by atoms with Crippen molar-refractivity contribution in [3.63, 3.8) is 0 Å². The van der Waals surface area contributed by atoms with E-state index in [0.717, 1.165) is 18.2 Å². The Morgan fingerprint density at radius 2 is 2.00 bits per heavy atom. The Bertz CT molecular complexity index is 951. The summed E-state index contributed by atoms with van der Waals surface area (Å²) in [6.45, 7) is 0. The Kier molecular flexibility index (Phi) is 3.87. The highest BCUT2D eigenvalue weighted by Gasteiger charge is 2.30. The van der Waals surface area contributed by atoms with Gasteiger partial charge in [0, 0.05) is 12.4 Å². The van der Waals surface area contributed by atoms with E-state index in [0.29, 0.717) is 0 Å². The zero-order valence-electron chi connectivity index (χ0n) is 11.9. The van der Waals surface area contributed by atoms with Gasteiger partial charge in [-0.25, -0.2) is 22.6 Å². The third-order valence-electron chi connectivity index (χ3n) is 2.97. The maximum atomic E-state index is 12.7. The molecule has 0 radical (unpaired) electrons. The average Bonchev–Trinajstić information content (AvgIpc) is 2.87. The van der Waals surface area contributed by atoms with Crippen molar-refractivity contribution in [2.24, 2.45) is 0 Å². The number of fused-ring (bicyclic) bond motifs is 1. The number of sulfonamides is 1. The molecule has 3 rings (SSSR count). The highest BCUT2D eigenvalue weighted by molar-refractivity contribution is 7.91. The molecule has 126 valence electrons. The summed E-state index contributed by atoms with van der Waals surface area (Å²) < 4.78 is 65.6. The van der Waals surface area contributed by atoms with E-state index >= 15 is 0 Å². The van der Waals surface area contributed by atoms with Crippen molar-refractivity contribution in [2.45, 2.75) is 11.9 Å². The molecule has 0 atom stereocenters. The molecule has 0 amide bonds. The normalized spacial score (nSPS) is 12.5. The number of nitrogens with zero attached hydrogens (tertiary/aromatic N) is 4. The van der Waals surface area contributed by atoms with Crippen LogP contribution in [0.2, 0.25) is 0 Å². The topological polar surface area (TPSA) is 89.2 Å². The molecule has 0 bridgehead atoms. The Balaban J connectivity index is 1.81. The molecule has 7 nitrogen and oxygen atoms in total. The first kappa shape index (κ1) is 16.2. The van der Waals surface area contributed by atoms with Crippen LogP contribution in [0.3, 0.4) is 0 Å². The van der Waals surface area contributed by atoms with Gasteiger partial charge in [0.1, 0.15) is 0 Å². The summed E-state index contributed by atoms with van der Waals surface area (Å²) in [5, 5.41) is 3.87. The van der Waals surface area contributed by atoms with Crippen LogP contribution in [-0.4, -0.2) is 28.0 Å². The lowest BCUT2D eigenvalue weighted by Gasteiger charge is -2.09. The second-order valence-corrected chi connectivity index (χ2v) is 6.58. The maximum Gasteiger partial charge on any atom is 0.416 e. The molecule has 0 aliphatic carbocycles. The first-order valence-corrected chi connectivity index (χ1v) is 8.22. The second kappa shape index (κ2) is 5.74. The molecule has 1 N–H and O–H groups in total. The number of alkyl halides is 3. The standard InChI is InChI=1S/C13H10F3N5O2S/c14-13(15,16)10-4-1-3-9(7-10)8-24(22,23)20-11-18-12-17-5-2-6-21(12)19-11/h1-7H,8H2,(H,19,20). The van der Waals surface area contributed by atoms with Crippen molar-refractivity contribution in [2.75, 3.05) is 4.72 Å². The van der Waals surface area contributed by atoms with E-state index in [1.54, 1.807) is 6.07 Å². The number of anilines is 1. The van der Waals surface area contributed by atoms with Gasteiger partial charge in [-0.05, 0) is 17.7 Å².